The molecule has 1 N–H and O–H groups in total. The van der Waals surface area contributed by atoms with Crippen molar-refractivity contribution in [2.24, 2.45) is 0 Å². The number of rotatable bonds is 4. The van der Waals surface area contributed by atoms with Crippen LogP contribution in [0.2, 0.25) is 0 Å². The van der Waals surface area contributed by atoms with Crippen LogP contribution in [0.25, 0.3) is 11.1 Å². The molecule has 0 bridgehead atoms. The van der Waals surface area contributed by atoms with Crippen molar-refractivity contribution < 1.29 is 18.7 Å². The second kappa shape index (κ2) is 7.51. The molecule has 26 heavy (non-hydrogen) atoms. The summed E-state index contributed by atoms with van der Waals surface area (Å²) in [5.74, 6) is -0.413. The number of aromatic nitrogens is 1. The monoisotopic (exact) mass is 361 g/mol. The van der Waals surface area contributed by atoms with E-state index in [1.807, 2.05) is 18.2 Å². The average Bonchev–Trinajstić information content (AvgIpc) is 3.30. The lowest BCUT2D eigenvalue weighted by Gasteiger charge is -2.37. The molecule has 0 saturated carbocycles. The summed E-state index contributed by atoms with van der Waals surface area (Å²) in [5.41, 5.74) is 1.28. The number of hydrogen-bond acceptors (Lipinski definition) is 5. The number of fused-ring (bicyclic) bond motifs is 1. The van der Waals surface area contributed by atoms with Crippen LogP contribution in [0, 0.1) is 0 Å². The van der Waals surface area contributed by atoms with E-state index in [0.717, 1.165) is 24.8 Å². The van der Waals surface area contributed by atoms with Crippen LogP contribution < -0.4 is 11.1 Å². The molecule has 0 radical (unpaired) electrons. The van der Waals surface area contributed by atoms with E-state index in [1.165, 1.54) is 4.57 Å². The van der Waals surface area contributed by atoms with Gasteiger partial charge in [-0.1, -0.05) is 12.1 Å². The van der Waals surface area contributed by atoms with Gasteiger partial charge in [-0.15, -0.1) is 0 Å². The highest BCUT2D eigenvalue weighted by Gasteiger charge is 2.36. The number of oxazole rings is 1. The molecule has 8 heteroatoms. The van der Waals surface area contributed by atoms with E-state index >= 15 is 0 Å². The number of amides is 2. The van der Waals surface area contributed by atoms with Crippen LogP contribution in [0.4, 0.5) is 4.79 Å². The molecule has 2 fully saturated rings. The maximum Gasteiger partial charge on any atom is 0.420 e. The van der Waals surface area contributed by atoms with Crippen LogP contribution in [0.3, 0.4) is 0 Å². The number of hydrogen-bond donors (Lipinski definition) is 1. The molecular weight excluding hydrogens is 338 g/mol. The van der Waals surface area contributed by atoms with Gasteiger partial charge in [0, 0.05) is 19.6 Å². The van der Waals surface area contributed by atoms with Crippen LogP contribution in [0.1, 0.15) is 19.3 Å². The van der Waals surface area contributed by atoms with Crippen LogP contribution in [-0.4, -0.2) is 54.1 Å². The van der Waals surface area contributed by atoms with Gasteiger partial charge < -0.3 is 24.1 Å². The Morgan fingerprint density at radius 2 is 2.00 bits per heavy atom. The molecule has 8 nitrogen and oxygen atoms in total. The molecule has 1 unspecified atom stereocenters. The average molecular weight is 361 g/mol. The Balaban J connectivity index is 1.38. The molecule has 4 rings (SSSR count). The van der Waals surface area contributed by atoms with Crippen LogP contribution in [0.5, 0.6) is 0 Å². The molecule has 0 aliphatic carbocycles. The first kappa shape index (κ1) is 17.1. The van der Waals surface area contributed by atoms with Gasteiger partial charge in [0.05, 0.1) is 24.8 Å². The zero-order chi connectivity index (χ0) is 17.9. The second-order valence-corrected chi connectivity index (χ2v) is 6.59. The summed E-state index contributed by atoms with van der Waals surface area (Å²) in [7, 11) is 0. The Labute approximate surface area is 150 Å². The van der Waals surface area contributed by atoms with Crippen LogP contribution >= 0.6 is 0 Å². The fourth-order valence-corrected chi connectivity index (χ4v) is 3.69. The van der Waals surface area contributed by atoms with Crippen molar-refractivity contribution in [3.63, 3.8) is 0 Å². The number of piperidine rings is 1. The number of ether oxygens (including phenoxy) is 2. The third-order valence-electron chi connectivity index (χ3n) is 4.96. The highest BCUT2D eigenvalue weighted by atomic mass is 16.7. The van der Waals surface area contributed by atoms with Crippen LogP contribution in [0.15, 0.2) is 33.5 Å². The summed E-state index contributed by atoms with van der Waals surface area (Å²) in [4.78, 5) is 26.4. The SMILES string of the molecule is O=C(NCCn1c(=O)oc2ccccc21)N1CCCCC1C1OCCO1. The number of likely N-dealkylation sites (tertiary alicyclic amines) is 1. The first-order valence-electron chi connectivity index (χ1n) is 9.10. The molecule has 3 heterocycles. The normalized spacial score (nSPS) is 21.4. The Hall–Kier alpha value is -2.32. The minimum absolute atomic E-state index is 0.0521. The predicted molar refractivity (Wildman–Crippen MR) is 93.9 cm³/mol. The third kappa shape index (κ3) is 3.34. The van der Waals surface area contributed by atoms with Crippen molar-refractivity contribution in [2.45, 2.75) is 38.1 Å². The Morgan fingerprint density at radius 1 is 1.19 bits per heavy atom. The van der Waals surface area contributed by atoms with E-state index < -0.39 is 5.76 Å². The third-order valence-corrected chi connectivity index (χ3v) is 4.96. The summed E-state index contributed by atoms with van der Waals surface area (Å²) < 4.78 is 17.9. The smallest absolute Gasteiger partial charge is 0.408 e. The molecule has 2 aliphatic rings. The zero-order valence-electron chi connectivity index (χ0n) is 14.6. The first-order chi connectivity index (χ1) is 12.7. The van der Waals surface area contributed by atoms with Gasteiger partial charge in [-0.2, -0.15) is 0 Å². The van der Waals surface area contributed by atoms with Gasteiger partial charge in [-0.05, 0) is 31.4 Å². The Kier molecular flexibility index (Phi) is 4.94. The predicted octanol–water partition coefficient (Wildman–Crippen LogP) is 1.53. The van der Waals surface area contributed by atoms with Crippen molar-refractivity contribution in [3.05, 3.63) is 34.8 Å². The second-order valence-electron chi connectivity index (χ2n) is 6.59. The fraction of sp³-hybridized carbons (Fsp3) is 0.556. The van der Waals surface area contributed by atoms with E-state index in [-0.39, 0.29) is 18.4 Å². The van der Waals surface area contributed by atoms with Gasteiger partial charge in [-0.3, -0.25) is 4.57 Å². The minimum atomic E-state index is -0.413. The topological polar surface area (TPSA) is 85.9 Å². The van der Waals surface area contributed by atoms with Gasteiger partial charge in [0.1, 0.15) is 0 Å². The van der Waals surface area contributed by atoms with Gasteiger partial charge in [0.15, 0.2) is 11.9 Å². The highest BCUT2D eigenvalue weighted by Crippen LogP contribution is 2.24. The number of carbonyl (C=O) groups is 1. The van der Waals surface area contributed by atoms with E-state index in [1.54, 1.807) is 11.0 Å². The van der Waals surface area contributed by atoms with E-state index in [2.05, 4.69) is 5.32 Å². The molecule has 1 aromatic heterocycles. The molecule has 0 spiro atoms. The van der Waals surface area contributed by atoms with E-state index in [0.29, 0.717) is 38.4 Å². The van der Waals surface area contributed by atoms with Crippen molar-refractivity contribution >= 4 is 17.1 Å². The van der Waals surface area contributed by atoms with E-state index in [9.17, 15) is 9.59 Å². The van der Waals surface area contributed by atoms with Gasteiger partial charge in [0.25, 0.3) is 0 Å². The summed E-state index contributed by atoms with van der Waals surface area (Å²) in [6.07, 6.45) is 2.59. The number of nitrogens with zero attached hydrogens (tertiary/aromatic N) is 2. The number of para-hydroxylation sites is 2. The van der Waals surface area contributed by atoms with Crippen molar-refractivity contribution in [1.82, 2.24) is 14.8 Å². The maximum atomic E-state index is 12.6. The lowest BCUT2D eigenvalue weighted by atomic mass is 10.0. The Bertz CT molecular complexity index is 824. The molecular formula is C18H23N3O5. The Morgan fingerprint density at radius 3 is 2.85 bits per heavy atom. The number of carbonyl (C=O) groups excluding carboxylic acids is 1. The molecule has 2 saturated heterocycles. The number of benzene rings is 1. The van der Waals surface area contributed by atoms with Crippen molar-refractivity contribution in [1.29, 1.82) is 0 Å². The highest BCUT2D eigenvalue weighted by molar-refractivity contribution is 5.75. The summed E-state index contributed by atoms with van der Waals surface area (Å²) in [6, 6.07) is 7.06. The van der Waals surface area contributed by atoms with Gasteiger partial charge in [0.2, 0.25) is 0 Å². The van der Waals surface area contributed by atoms with Gasteiger partial charge >= 0.3 is 11.8 Å². The van der Waals surface area contributed by atoms with Crippen molar-refractivity contribution in [2.75, 3.05) is 26.3 Å². The van der Waals surface area contributed by atoms with Crippen molar-refractivity contribution in [3.8, 4) is 0 Å². The maximum absolute atomic E-state index is 12.6. The molecule has 2 aliphatic heterocycles. The standard InChI is InChI=1S/C18H23N3O5/c22-17(20-9-4-3-6-14(20)16-24-11-12-25-16)19-8-10-21-13-5-1-2-7-15(13)26-18(21)23/h1-2,5,7,14,16H,3-4,6,8-12H2,(H,19,22). The van der Waals surface area contributed by atoms with Crippen LogP contribution in [-0.2, 0) is 16.0 Å². The largest absolute Gasteiger partial charge is 0.420 e. The molecule has 2 aromatic rings. The summed E-state index contributed by atoms with van der Waals surface area (Å²) in [5, 5.41) is 2.91. The molecule has 140 valence electrons. The number of nitrogens with one attached hydrogen (secondary N) is 1. The lowest BCUT2D eigenvalue weighted by Crippen LogP contribution is -2.53. The molecule has 2 amide bonds. The quantitative estimate of drug-likeness (QED) is 0.893. The zero-order valence-corrected chi connectivity index (χ0v) is 14.6. The lowest BCUT2D eigenvalue weighted by molar-refractivity contribution is -0.0983. The molecule has 1 atom stereocenters. The van der Waals surface area contributed by atoms with Gasteiger partial charge in [-0.25, -0.2) is 9.59 Å². The van der Waals surface area contributed by atoms with E-state index in [4.69, 9.17) is 13.9 Å². The fourth-order valence-electron chi connectivity index (χ4n) is 3.69. The summed E-state index contributed by atoms with van der Waals surface area (Å²) in [6.45, 7) is 2.54. The number of urea groups is 1. The minimum Gasteiger partial charge on any atom is -0.408 e. The summed E-state index contributed by atoms with van der Waals surface area (Å²) >= 11 is 0. The first-order valence-corrected chi connectivity index (χ1v) is 9.10. The molecule has 1 aromatic carbocycles.